The number of rotatable bonds is 2. The minimum atomic E-state index is -4.11. The van der Waals surface area contributed by atoms with E-state index in [9.17, 15) is 13.2 Å². The van der Waals surface area contributed by atoms with Gasteiger partial charge in [-0.05, 0) is 44.9 Å². The normalized spacial score (nSPS) is 20.9. The Hall–Kier alpha value is -1.31. The molecule has 0 aliphatic carbocycles. The predicted octanol–water partition coefficient (Wildman–Crippen LogP) is 2.76. The lowest BCUT2D eigenvalue weighted by atomic mass is 10.1. The van der Waals surface area contributed by atoms with E-state index in [1.54, 1.807) is 39.0 Å². The molecule has 1 heterocycles. The van der Waals surface area contributed by atoms with Crippen molar-refractivity contribution >= 4 is 28.0 Å². The number of hydrogen-bond donors (Lipinski definition) is 0. The second-order valence-electron chi connectivity index (χ2n) is 6.01. The zero-order chi connectivity index (χ0) is 16.5. The molecule has 0 bridgehead atoms. The fourth-order valence-electron chi connectivity index (χ4n) is 2.10. The highest BCUT2D eigenvalue weighted by molar-refractivity contribution is 7.85. The summed E-state index contributed by atoms with van der Waals surface area (Å²) in [6.45, 7) is 4.90. The van der Waals surface area contributed by atoms with Gasteiger partial charge >= 0.3 is 16.4 Å². The Bertz CT molecular complexity index is 668. The number of nitrogens with zero attached hydrogens (tertiary/aromatic N) is 1. The molecule has 0 saturated carbocycles. The van der Waals surface area contributed by atoms with Gasteiger partial charge in [-0.15, -0.1) is 0 Å². The third kappa shape index (κ3) is 4.12. The second-order valence-corrected chi connectivity index (χ2v) is 7.93. The summed E-state index contributed by atoms with van der Waals surface area (Å²) in [6, 6.07) is 6.36. The van der Waals surface area contributed by atoms with E-state index in [2.05, 4.69) is 0 Å². The minimum absolute atomic E-state index is 0.103. The fraction of sp³-hybridized carbons (Fsp3) is 0.500. The molecule has 1 saturated heterocycles. The van der Waals surface area contributed by atoms with Gasteiger partial charge in [-0.1, -0.05) is 23.7 Å². The van der Waals surface area contributed by atoms with Crippen molar-refractivity contribution in [3.8, 4) is 0 Å². The van der Waals surface area contributed by atoms with Crippen LogP contribution in [-0.4, -0.2) is 37.1 Å². The van der Waals surface area contributed by atoms with Crippen LogP contribution in [0.25, 0.3) is 0 Å². The number of ether oxygens (including phenoxy) is 1. The van der Waals surface area contributed by atoms with Gasteiger partial charge in [-0.2, -0.15) is 12.7 Å². The average Bonchev–Trinajstić information content (AvgIpc) is 2.62. The predicted molar refractivity (Wildman–Crippen MR) is 81.9 cm³/mol. The molecule has 1 atom stereocenters. The quantitative estimate of drug-likeness (QED) is 0.822. The Balaban J connectivity index is 2.21. The van der Waals surface area contributed by atoms with Gasteiger partial charge in [0.15, 0.2) is 0 Å². The molecule has 1 amide bonds. The Labute approximate surface area is 135 Å². The van der Waals surface area contributed by atoms with Gasteiger partial charge in [0.25, 0.3) is 0 Å². The largest absolute Gasteiger partial charge is 0.443 e. The zero-order valence-corrected chi connectivity index (χ0v) is 14.1. The van der Waals surface area contributed by atoms with E-state index in [0.29, 0.717) is 15.7 Å². The van der Waals surface area contributed by atoms with Crippen LogP contribution in [0, 0.1) is 0 Å². The SMILES string of the molecule is CC(C)(C)OC(=O)N1[C@@H](Cc2cccc(Cl)c2)COS1(=O)=O. The van der Waals surface area contributed by atoms with Gasteiger partial charge in [0.05, 0.1) is 12.6 Å². The molecule has 1 fully saturated rings. The van der Waals surface area contributed by atoms with E-state index >= 15 is 0 Å². The van der Waals surface area contributed by atoms with Crippen LogP contribution in [0.15, 0.2) is 24.3 Å². The highest BCUT2D eigenvalue weighted by atomic mass is 35.5. The van der Waals surface area contributed by atoms with Crippen molar-refractivity contribution in [2.45, 2.75) is 38.8 Å². The maximum Gasteiger partial charge on any atom is 0.426 e. The van der Waals surface area contributed by atoms with Crippen molar-refractivity contribution < 1.29 is 22.1 Å². The molecule has 0 aromatic heterocycles. The highest BCUT2D eigenvalue weighted by Crippen LogP contribution is 2.25. The summed E-state index contributed by atoms with van der Waals surface area (Å²) in [5, 5.41) is 0.545. The van der Waals surface area contributed by atoms with Crippen LogP contribution in [-0.2, 0) is 25.6 Å². The minimum Gasteiger partial charge on any atom is -0.443 e. The molecule has 1 aliphatic heterocycles. The maximum absolute atomic E-state index is 12.2. The standard InChI is InChI=1S/C14H18ClNO5S/c1-14(2,3)21-13(17)16-12(9-20-22(16,18)19)8-10-5-4-6-11(15)7-10/h4-7,12H,8-9H2,1-3H3/t12-/m0/s1. The smallest absolute Gasteiger partial charge is 0.426 e. The molecular weight excluding hydrogens is 330 g/mol. The molecule has 0 N–H and O–H groups in total. The van der Waals surface area contributed by atoms with Crippen molar-refractivity contribution in [1.29, 1.82) is 0 Å². The Morgan fingerprint density at radius 1 is 1.45 bits per heavy atom. The van der Waals surface area contributed by atoms with Gasteiger partial charge in [0.2, 0.25) is 0 Å². The van der Waals surface area contributed by atoms with Crippen LogP contribution in [0.4, 0.5) is 4.79 Å². The average molecular weight is 348 g/mol. The van der Waals surface area contributed by atoms with Crippen LogP contribution in [0.2, 0.25) is 5.02 Å². The van der Waals surface area contributed by atoms with E-state index < -0.39 is 28.0 Å². The molecule has 22 heavy (non-hydrogen) atoms. The number of amides is 1. The van der Waals surface area contributed by atoms with Gasteiger partial charge < -0.3 is 4.74 Å². The van der Waals surface area contributed by atoms with Crippen LogP contribution < -0.4 is 0 Å². The molecule has 0 spiro atoms. The third-order valence-corrected chi connectivity index (χ3v) is 4.51. The van der Waals surface area contributed by atoms with E-state index in [0.717, 1.165) is 5.56 Å². The Morgan fingerprint density at radius 3 is 2.73 bits per heavy atom. The summed E-state index contributed by atoms with van der Waals surface area (Å²) in [6.07, 6.45) is -0.629. The molecule has 0 radical (unpaired) electrons. The monoisotopic (exact) mass is 347 g/mol. The lowest BCUT2D eigenvalue weighted by molar-refractivity contribution is 0.0357. The van der Waals surface area contributed by atoms with Gasteiger partial charge in [-0.25, -0.2) is 4.79 Å². The third-order valence-electron chi connectivity index (χ3n) is 2.92. The summed E-state index contributed by atoms with van der Waals surface area (Å²) in [7, 11) is -4.11. The Morgan fingerprint density at radius 2 is 2.14 bits per heavy atom. The molecule has 122 valence electrons. The molecule has 1 aromatic carbocycles. The lowest BCUT2D eigenvalue weighted by Gasteiger charge is -2.25. The van der Waals surface area contributed by atoms with Gasteiger partial charge in [0.1, 0.15) is 5.60 Å². The van der Waals surface area contributed by atoms with Crippen molar-refractivity contribution in [1.82, 2.24) is 4.31 Å². The first-order chi connectivity index (χ1) is 10.1. The number of hydrogen-bond acceptors (Lipinski definition) is 5. The van der Waals surface area contributed by atoms with Crippen LogP contribution >= 0.6 is 11.6 Å². The summed E-state index contributed by atoms with van der Waals surface area (Å²) >= 11 is 5.92. The molecule has 2 rings (SSSR count). The summed E-state index contributed by atoms with van der Waals surface area (Å²) in [5.41, 5.74) is 0.0160. The summed E-state index contributed by atoms with van der Waals surface area (Å²) in [5.74, 6) is 0. The second kappa shape index (κ2) is 6.06. The summed E-state index contributed by atoms with van der Waals surface area (Å²) in [4.78, 5) is 12.2. The van der Waals surface area contributed by atoms with Crippen molar-refractivity contribution in [3.05, 3.63) is 34.9 Å². The van der Waals surface area contributed by atoms with E-state index in [4.69, 9.17) is 20.5 Å². The van der Waals surface area contributed by atoms with Gasteiger partial charge in [-0.3, -0.25) is 4.18 Å². The van der Waals surface area contributed by atoms with Crippen LogP contribution in [0.1, 0.15) is 26.3 Å². The maximum atomic E-state index is 12.2. The van der Waals surface area contributed by atoms with Crippen molar-refractivity contribution in [3.63, 3.8) is 0 Å². The first kappa shape index (κ1) is 17.1. The molecule has 1 aromatic rings. The highest BCUT2D eigenvalue weighted by Gasteiger charge is 2.44. The molecule has 8 heteroatoms. The van der Waals surface area contributed by atoms with Crippen molar-refractivity contribution in [2.75, 3.05) is 6.61 Å². The van der Waals surface area contributed by atoms with Crippen LogP contribution in [0.3, 0.4) is 0 Å². The van der Waals surface area contributed by atoms with Gasteiger partial charge in [0, 0.05) is 5.02 Å². The first-order valence-corrected chi connectivity index (χ1v) is 8.49. The van der Waals surface area contributed by atoms with E-state index in [-0.39, 0.29) is 6.61 Å². The number of halogens is 1. The first-order valence-electron chi connectivity index (χ1n) is 6.75. The number of carbonyl (C=O) groups excluding carboxylic acids is 1. The fourth-order valence-corrected chi connectivity index (χ4v) is 3.47. The molecular formula is C14H18ClNO5S. The topological polar surface area (TPSA) is 72.9 Å². The van der Waals surface area contributed by atoms with E-state index in [1.165, 1.54) is 0 Å². The summed E-state index contributed by atoms with van der Waals surface area (Å²) < 4.78 is 34.5. The number of benzene rings is 1. The van der Waals surface area contributed by atoms with Crippen LogP contribution in [0.5, 0.6) is 0 Å². The van der Waals surface area contributed by atoms with E-state index in [1.807, 2.05) is 6.07 Å². The molecule has 1 aliphatic rings. The lowest BCUT2D eigenvalue weighted by Crippen LogP contribution is -2.43. The van der Waals surface area contributed by atoms with Crippen molar-refractivity contribution in [2.24, 2.45) is 0 Å². The number of carbonyl (C=O) groups is 1. The Kier molecular flexibility index (Phi) is 4.70. The zero-order valence-electron chi connectivity index (χ0n) is 12.6. The molecule has 6 nitrogen and oxygen atoms in total. The molecule has 0 unspecified atom stereocenters.